The van der Waals surface area contributed by atoms with Gasteiger partial charge in [-0.05, 0) is 35.6 Å². The topological polar surface area (TPSA) is 102 Å². The highest BCUT2D eigenvalue weighted by molar-refractivity contribution is 6.62. The minimum atomic E-state index is -1.16. The first-order valence-corrected chi connectivity index (χ1v) is 6.68. The van der Waals surface area contributed by atoms with E-state index >= 15 is 0 Å². The number of carboxylic acids is 1. The Kier molecular flexibility index (Phi) is 3.78. The highest BCUT2D eigenvalue weighted by Gasteiger charge is 2.37. The van der Waals surface area contributed by atoms with Crippen LogP contribution in [0.3, 0.4) is 0 Å². The molecule has 0 saturated carbocycles. The van der Waals surface area contributed by atoms with Crippen LogP contribution in [0.1, 0.15) is 23.7 Å². The summed E-state index contributed by atoms with van der Waals surface area (Å²) in [5.74, 6) is -0.169. The van der Waals surface area contributed by atoms with Crippen molar-refractivity contribution in [3.05, 3.63) is 41.9 Å². The number of aliphatic carboxylic acids is 1. The lowest BCUT2D eigenvalue weighted by Crippen LogP contribution is -2.28. The minimum absolute atomic E-state index is 0.199. The van der Waals surface area contributed by atoms with E-state index < -0.39 is 19.2 Å². The van der Waals surface area contributed by atoms with E-state index in [1.807, 2.05) is 6.92 Å². The van der Waals surface area contributed by atoms with Crippen LogP contribution in [0.25, 0.3) is 0 Å². The zero-order valence-electron chi connectivity index (χ0n) is 11.8. The summed E-state index contributed by atoms with van der Waals surface area (Å²) in [5, 5.41) is 18.9. The SMILES string of the molecule is Cc1cc(Oc2cnccn2)cc2c1[C@H](CC(=O)O)OB2O. The molecule has 7 nitrogen and oxygen atoms in total. The lowest BCUT2D eigenvalue weighted by molar-refractivity contribution is -0.138. The van der Waals surface area contributed by atoms with Crippen LogP contribution < -0.4 is 10.2 Å². The number of benzene rings is 1. The van der Waals surface area contributed by atoms with Crippen molar-refractivity contribution in [2.75, 3.05) is 0 Å². The fourth-order valence-electron chi connectivity index (χ4n) is 2.56. The summed E-state index contributed by atoms with van der Waals surface area (Å²) in [6, 6.07) is 3.38. The van der Waals surface area contributed by atoms with Gasteiger partial charge in [0.2, 0.25) is 5.88 Å². The number of carbonyl (C=O) groups is 1. The second-order valence-electron chi connectivity index (χ2n) is 4.96. The molecule has 0 bridgehead atoms. The Bertz CT molecular complexity index is 710. The van der Waals surface area contributed by atoms with Crippen molar-refractivity contribution >= 4 is 18.6 Å². The largest absolute Gasteiger partial charge is 0.492 e. The molecule has 0 aliphatic carbocycles. The summed E-state index contributed by atoms with van der Waals surface area (Å²) in [7, 11) is -1.16. The van der Waals surface area contributed by atoms with Crippen LogP contribution in [0.2, 0.25) is 0 Å². The lowest BCUT2D eigenvalue weighted by atomic mass is 9.77. The zero-order valence-corrected chi connectivity index (χ0v) is 11.8. The number of carboxylic acid groups (broad SMARTS) is 1. The monoisotopic (exact) mass is 300 g/mol. The molecule has 0 radical (unpaired) electrons. The summed E-state index contributed by atoms with van der Waals surface area (Å²) < 4.78 is 10.9. The predicted octanol–water partition coefficient (Wildman–Crippen LogP) is 0.811. The molecular weight excluding hydrogens is 287 g/mol. The number of nitrogens with zero attached hydrogens (tertiary/aromatic N) is 2. The van der Waals surface area contributed by atoms with E-state index in [0.29, 0.717) is 22.7 Å². The molecule has 112 valence electrons. The summed E-state index contributed by atoms with van der Waals surface area (Å²) in [6.45, 7) is 1.82. The standard InChI is InChI=1S/C14H13BN2O5/c1-8-4-9(21-12-7-16-2-3-17-12)5-10-14(8)11(6-13(18)19)22-15(10)20/h2-5,7,11,20H,6H2,1H3,(H,18,19)/t11-/m0/s1. The molecular formula is C14H13BN2O5. The second kappa shape index (κ2) is 5.74. The molecule has 0 fully saturated rings. The maximum Gasteiger partial charge on any atom is 0.492 e. The molecule has 1 aromatic heterocycles. The van der Waals surface area contributed by atoms with Crippen molar-refractivity contribution in [1.29, 1.82) is 0 Å². The first kappa shape index (κ1) is 14.5. The first-order chi connectivity index (χ1) is 10.5. The number of rotatable bonds is 4. The molecule has 0 spiro atoms. The fraction of sp³-hybridized carbons (Fsp3) is 0.214. The van der Waals surface area contributed by atoms with E-state index in [2.05, 4.69) is 9.97 Å². The fourth-order valence-corrected chi connectivity index (χ4v) is 2.56. The molecule has 1 aromatic carbocycles. The predicted molar refractivity (Wildman–Crippen MR) is 77.0 cm³/mol. The third kappa shape index (κ3) is 2.79. The van der Waals surface area contributed by atoms with E-state index in [9.17, 15) is 9.82 Å². The van der Waals surface area contributed by atoms with Gasteiger partial charge in [-0.1, -0.05) is 0 Å². The average molecular weight is 300 g/mol. The van der Waals surface area contributed by atoms with Crippen LogP contribution in [0.4, 0.5) is 0 Å². The van der Waals surface area contributed by atoms with E-state index in [0.717, 1.165) is 5.56 Å². The van der Waals surface area contributed by atoms with Crippen LogP contribution in [-0.2, 0) is 9.45 Å². The Morgan fingerprint density at radius 3 is 2.95 bits per heavy atom. The van der Waals surface area contributed by atoms with Crippen LogP contribution in [-0.4, -0.2) is 33.2 Å². The Morgan fingerprint density at radius 2 is 2.27 bits per heavy atom. The van der Waals surface area contributed by atoms with E-state index in [1.165, 1.54) is 18.6 Å². The quantitative estimate of drug-likeness (QED) is 0.805. The van der Waals surface area contributed by atoms with Crippen molar-refractivity contribution in [1.82, 2.24) is 9.97 Å². The van der Waals surface area contributed by atoms with Crippen LogP contribution in [0.5, 0.6) is 11.6 Å². The number of fused-ring (bicyclic) bond motifs is 1. The van der Waals surface area contributed by atoms with Gasteiger partial charge in [0.25, 0.3) is 0 Å². The maximum atomic E-state index is 10.9. The van der Waals surface area contributed by atoms with E-state index in [-0.39, 0.29) is 6.42 Å². The Labute approximate surface area is 126 Å². The van der Waals surface area contributed by atoms with Gasteiger partial charge in [-0.15, -0.1) is 0 Å². The van der Waals surface area contributed by atoms with Crippen molar-refractivity contribution in [2.24, 2.45) is 0 Å². The summed E-state index contributed by atoms with van der Waals surface area (Å²) in [6.07, 6.45) is 3.66. The van der Waals surface area contributed by atoms with Crippen LogP contribution in [0, 0.1) is 6.92 Å². The highest BCUT2D eigenvalue weighted by Crippen LogP contribution is 2.32. The average Bonchev–Trinajstić information content (AvgIpc) is 2.76. The molecule has 0 amide bonds. The zero-order chi connectivity index (χ0) is 15.7. The van der Waals surface area contributed by atoms with Gasteiger partial charge in [0.1, 0.15) is 5.75 Å². The van der Waals surface area contributed by atoms with Gasteiger partial charge < -0.3 is 19.5 Å². The number of hydrogen-bond acceptors (Lipinski definition) is 6. The number of ether oxygens (including phenoxy) is 1. The van der Waals surface area contributed by atoms with E-state index in [4.69, 9.17) is 14.5 Å². The summed E-state index contributed by atoms with van der Waals surface area (Å²) >= 11 is 0. The van der Waals surface area contributed by atoms with Gasteiger partial charge in [-0.3, -0.25) is 9.78 Å². The highest BCUT2D eigenvalue weighted by atomic mass is 16.5. The molecule has 22 heavy (non-hydrogen) atoms. The van der Waals surface area contributed by atoms with Gasteiger partial charge >= 0.3 is 13.1 Å². The second-order valence-corrected chi connectivity index (χ2v) is 4.96. The van der Waals surface area contributed by atoms with E-state index in [1.54, 1.807) is 12.1 Å². The van der Waals surface area contributed by atoms with Gasteiger partial charge in [-0.2, -0.15) is 0 Å². The number of aryl methyl sites for hydroxylation is 1. The normalized spacial score (nSPS) is 16.5. The third-order valence-corrected chi connectivity index (χ3v) is 3.40. The molecule has 2 aromatic rings. The van der Waals surface area contributed by atoms with Crippen molar-refractivity contribution in [2.45, 2.75) is 19.4 Å². The molecule has 2 heterocycles. The van der Waals surface area contributed by atoms with Gasteiger partial charge in [0.05, 0.1) is 18.7 Å². The molecule has 0 unspecified atom stereocenters. The van der Waals surface area contributed by atoms with Gasteiger partial charge in [-0.25, -0.2) is 4.98 Å². The van der Waals surface area contributed by atoms with Crippen LogP contribution >= 0.6 is 0 Å². The summed E-state index contributed by atoms with van der Waals surface area (Å²) in [5.41, 5.74) is 2.01. The number of hydrogen-bond donors (Lipinski definition) is 2. The molecule has 1 atom stereocenters. The Hall–Kier alpha value is -2.45. The molecule has 0 saturated heterocycles. The first-order valence-electron chi connectivity index (χ1n) is 6.68. The molecule has 3 rings (SSSR count). The minimum Gasteiger partial charge on any atom is -0.481 e. The van der Waals surface area contributed by atoms with Crippen LogP contribution in [0.15, 0.2) is 30.7 Å². The molecule has 1 aliphatic rings. The van der Waals surface area contributed by atoms with Crippen molar-refractivity contribution in [3.63, 3.8) is 0 Å². The van der Waals surface area contributed by atoms with Gasteiger partial charge in [0, 0.05) is 12.4 Å². The molecule has 2 N–H and O–H groups in total. The van der Waals surface area contributed by atoms with Crippen molar-refractivity contribution in [3.8, 4) is 11.6 Å². The molecule has 8 heteroatoms. The summed E-state index contributed by atoms with van der Waals surface area (Å²) in [4.78, 5) is 18.8. The molecule has 1 aliphatic heterocycles. The lowest BCUT2D eigenvalue weighted by Gasteiger charge is -2.13. The van der Waals surface area contributed by atoms with Crippen molar-refractivity contribution < 1.29 is 24.3 Å². The third-order valence-electron chi connectivity index (χ3n) is 3.40. The smallest absolute Gasteiger partial charge is 0.481 e. The van der Waals surface area contributed by atoms with Gasteiger partial charge in [0.15, 0.2) is 0 Å². The maximum absolute atomic E-state index is 10.9. The Morgan fingerprint density at radius 1 is 1.45 bits per heavy atom. The Balaban J connectivity index is 1.93. The number of aromatic nitrogens is 2.